The average molecular weight is 239 g/mol. The van der Waals surface area contributed by atoms with E-state index in [4.69, 9.17) is 0 Å². The Morgan fingerprint density at radius 2 is 1.65 bits per heavy atom. The molecule has 0 unspecified atom stereocenters. The first kappa shape index (κ1) is 13.3. The van der Waals surface area contributed by atoms with Gasteiger partial charge in [-0.3, -0.25) is 4.90 Å². The summed E-state index contributed by atoms with van der Waals surface area (Å²) in [6.07, 6.45) is 4.09. The molecule has 0 amide bonds. The van der Waals surface area contributed by atoms with Crippen LogP contribution in [0.4, 0.5) is 0 Å². The summed E-state index contributed by atoms with van der Waals surface area (Å²) in [6, 6.07) is 1.57. The minimum absolute atomic E-state index is 0.266. The molecular formula is C14H29N3. The van der Waals surface area contributed by atoms with Crippen molar-refractivity contribution >= 4 is 0 Å². The van der Waals surface area contributed by atoms with Crippen LogP contribution < -0.4 is 5.32 Å². The van der Waals surface area contributed by atoms with E-state index in [1.54, 1.807) is 0 Å². The van der Waals surface area contributed by atoms with E-state index in [9.17, 15) is 0 Å². The second kappa shape index (κ2) is 5.25. The van der Waals surface area contributed by atoms with Gasteiger partial charge >= 0.3 is 0 Å². The molecular weight excluding hydrogens is 210 g/mol. The van der Waals surface area contributed by atoms with Crippen LogP contribution in [0.2, 0.25) is 0 Å². The van der Waals surface area contributed by atoms with Gasteiger partial charge in [0.15, 0.2) is 0 Å². The number of hydrogen-bond acceptors (Lipinski definition) is 3. The van der Waals surface area contributed by atoms with Crippen molar-refractivity contribution in [3.63, 3.8) is 0 Å². The van der Waals surface area contributed by atoms with Crippen molar-refractivity contribution in [3.05, 3.63) is 0 Å². The highest BCUT2D eigenvalue weighted by Crippen LogP contribution is 2.26. The molecule has 0 bridgehead atoms. The first-order chi connectivity index (χ1) is 7.94. The van der Waals surface area contributed by atoms with Gasteiger partial charge in [0.2, 0.25) is 0 Å². The lowest BCUT2D eigenvalue weighted by atomic mass is 10.1. The molecule has 100 valence electrons. The van der Waals surface area contributed by atoms with Crippen molar-refractivity contribution in [1.82, 2.24) is 15.1 Å². The first-order valence-electron chi connectivity index (χ1n) is 7.14. The Kier molecular flexibility index (Phi) is 4.11. The van der Waals surface area contributed by atoms with Crippen molar-refractivity contribution in [1.29, 1.82) is 0 Å². The standard InChI is InChI=1S/C14H29N3/c1-14(2,3)15-12-5-6-13(11-12)17-9-7-16(4)8-10-17/h12-13,15H,5-11H2,1-4H3/t12-,13+/m1/s1. The number of nitrogens with zero attached hydrogens (tertiary/aromatic N) is 2. The molecule has 2 atom stereocenters. The van der Waals surface area contributed by atoms with Gasteiger partial charge in [0.1, 0.15) is 0 Å². The molecule has 1 saturated carbocycles. The molecule has 1 aliphatic heterocycles. The van der Waals surface area contributed by atoms with E-state index in [-0.39, 0.29) is 5.54 Å². The third-order valence-electron chi connectivity index (χ3n) is 4.10. The Hall–Kier alpha value is -0.120. The SMILES string of the molecule is CN1CCN([C@H]2CC[C@@H](NC(C)(C)C)C2)CC1. The van der Waals surface area contributed by atoms with E-state index >= 15 is 0 Å². The van der Waals surface area contributed by atoms with Gasteiger partial charge < -0.3 is 10.2 Å². The number of rotatable bonds is 2. The Labute approximate surface area is 107 Å². The lowest BCUT2D eigenvalue weighted by Gasteiger charge is -2.36. The molecule has 0 aromatic rings. The van der Waals surface area contributed by atoms with E-state index in [1.807, 2.05) is 0 Å². The van der Waals surface area contributed by atoms with Crippen molar-refractivity contribution in [2.24, 2.45) is 0 Å². The summed E-state index contributed by atoms with van der Waals surface area (Å²) in [7, 11) is 2.23. The smallest absolute Gasteiger partial charge is 0.0113 e. The van der Waals surface area contributed by atoms with E-state index in [0.29, 0.717) is 0 Å². The zero-order valence-corrected chi connectivity index (χ0v) is 12.0. The van der Waals surface area contributed by atoms with Crippen molar-refractivity contribution in [3.8, 4) is 0 Å². The summed E-state index contributed by atoms with van der Waals surface area (Å²) in [5, 5.41) is 3.76. The van der Waals surface area contributed by atoms with Gasteiger partial charge in [0, 0.05) is 43.8 Å². The molecule has 1 heterocycles. The number of piperazine rings is 1. The van der Waals surface area contributed by atoms with Gasteiger partial charge in [-0.1, -0.05) is 0 Å². The lowest BCUT2D eigenvalue weighted by molar-refractivity contribution is 0.112. The highest BCUT2D eigenvalue weighted by atomic mass is 15.3. The highest BCUT2D eigenvalue weighted by molar-refractivity contribution is 4.91. The zero-order chi connectivity index (χ0) is 12.5. The fraction of sp³-hybridized carbons (Fsp3) is 1.00. The number of likely N-dealkylation sites (N-methyl/N-ethyl adjacent to an activating group) is 1. The van der Waals surface area contributed by atoms with E-state index in [1.165, 1.54) is 45.4 Å². The molecule has 0 spiro atoms. The maximum atomic E-state index is 3.76. The minimum Gasteiger partial charge on any atom is -0.309 e. The molecule has 0 radical (unpaired) electrons. The van der Waals surface area contributed by atoms with E-state index in [2.05, 4.69) is 42.9 Å². The highest BCUT2D eigenvalue weighted by Gasteiger charge is 2.31. The van der Waals surface area contributed by atoms with Crippen LogP contribution in [-0.4, -0.2) is 60.6 Å². The van der Waals surface area contributed by atoms with Gasteiger partial charge in [0.05, 0.1) is 0 Å². The quantitative estimate of drug-likeness (QED) is 0.788. The molecule has 1 aliphatic carbocycles. The van der Waals surface area contributed by atoms with Crippen LogP contribution >= 0.6 is 0 Å². The molecule has 17 heavy (non-hydrogen) atoms. The van der Waals surface area contributed by atoms with E-state index < -0.39 is 0 Å². The summed E-state index contributed by atoms with van der Waals surface area (Å²) >= 11 is 0. The van der Waals surface area contributed by atoms with Crippen LogP contribution in [0.25, 0.3) is 0 Å². The van der Waals surface area contributed by atoms with Gasteiger partial charge in [-0.25, -0.2) is 0 Å². The Bertz CT molecular complexity index is 238. The second-order valence-corrected chi connectivity index (χ2v) is 6.90. The normalized spacial score (nSPS) is 33.2. The van der Waals surface area contributed by atoms with Crippen LogP contribution in [0.5, 0.6) is 0 Å². The molecule has 2 aliphatic rings. The predicted molar refractivity (Wildman–Crippen MR) is 73.4 cm³/mol. The predicted octanol–water partition coefficient (Wildman–Crippen LogP) is 1.54. The van der Waals surface area contributed by atoms with E-state index in [0.717, 1.165) is 12.1 Å². The molecule has 1 saturated heterocycles. The summed E-state index contributed by atoms with van der Waals surface area (Å²) < 4.78 is 0. The number of nitrogens with one attached hydrogen (secondary N) is 1. The topological polar surface area (TPSA) is 18.5 Å². The first-order valence-corrected chi connectivity index (χ1v) is 7.14. The van der Waals surface area contributed by atoms with Crippen molar-refractivity contribution < 1.29 is 0 Å². The minimum atomic E-state index is 0.266. The van der Waals surface area contributed by atoms with Crippen LogP contribution in [-0.2, 0) is 0 Å². The fourth-order valence-corrected chi connectivity index (χ4v) is 3.22. The Balaban J connectivity index is 1.78. The van der Waals surface area contributed by atoms with Gasteiger partial charge in [0.25, 0.3) is 0 Å². The largest absolute Gasteiger partial charge is 0.309 e. The summed E-state index contributed by atoms with van der Waals surface area (Å²) in [5.74, 6) is 0. The molecule has 1 N–H and O–H groups in total. The van der Waals surface area contributed by atoms with Crippen LogP contribution in [0, 0.1) is 0 Å². The summed E-state index contributed by atoms with van der Waals surface area (Å²) in [6.45, 7) is 11.8. The van der Waals surface area contributed by atoms with Crippen LogP contribution in [0.15, 0.2) is 0 Å². The molecule has 2 rings (SSSR count). The average Bonchev–Trinajstić information content (AvgIpc) is 2.64. The molecule has 3 nitrogen and oxygen atoms in total. The Morgan fingerprint density at radius 1 is 1.00 bits per heavy atom. The monoisotopic (exact) mass is 239 g/mol. The lowest BCUT2D eigenvalue weighted by Crippen LogP contribution is -2.49. The summed E-state index contributed by atoms with van der Waals surface area (Å²) in [5.41, 5.74) is 0.266. The maximum Gasteiger partial charge on any atom is 0.0113 e. The molecule has 0 aromatic carbocycles. The third kappa shape index (κ3) is 3.94. The third-order valence-corrected chi connectivity index (χ3v) is 4.10. The molecule has 0 aromatic heterocycles. The van der Waals surface area contributed by atoms with Crippen LogP contribution in [0.1, 0.15) is 40.0 Å². The summed E-state index contributed by atoms with van der Waals surface area (Å²) in [4.78, 5) is 5.15. The fourth-order valence-electron chi connectivity index (χ4n) is 3.22. The van der Waals surface area contributed by atoms with Gasteiger partial charge in [-0.05, 0) is 47.1 Å². The maximum absolute atomic E-state index is 3.76. The van der Waals surface area contributed by atoms with Crippen molar-refractivity contribution in [2.45, 2.75) is 57.7 Å². The van der Waals surface area contributed by atoms with Gasteiger partial charge in [-0.2, -0.15) is 0 Å². The van der Waals surface area contributed by atoms with Crippen LogP contribution in [0.3, 0.4) is 0 Å². The molecule has 3 heteroatoms. The van der Waals surface area contributed by atoms with Gasteiger partial charge in [-0.15, -0.1) is 0 Å². The van der Waals surface area contributed by atoms with Crippen molar-refractivity contribution in [2.75, 3.05) is 33.2 Å². The number of hydrogen-bond donors (Lipinski definition) is 1. The second-order valence-electron chi connectivity index (χ2n) is 6.90. The Morgan fingerprint density at radius 3 is 2.24 bits per heavy atom. The zero-order valence-electron chi connectivity index (χ0n) is 12.0. The molecule has 2 fully saturated rings.